The molecule has 130 valence electrons. The Morgan fingerprint density at radius 3 is 2.62 bits per heavy atom. The van der Waals surface area contributed by atoms with Crippen molar-refractivity contribution >= 4 is 17.8 Å². The topological polar surface area (TPSA) is 110 Å². The summed E-state index contributed by atoms with van der Waals surface area (Å²) in [7, 11) is 0. The van der Waals surface area contributed by atoms with Gasteiger partial charge in [-0.3, -0.25) is 14.4 Å². The number of ether oxygens (including phenoxy) is 1. The first kappa shape index (κ1) is 17.8. The molecule has 1 aliphatic rings. The normalized spacial score (nSPS) is 15.1. The molecule has 3 N–H and O–H groups in total. The number of aromatic hydroxyl groups is 1. The second-order valence-electron chi connectivity index (χ2n) is 6.82. The van der Waals surface area contributed by atoms with Crippen LogP contribution in [-0.4, -0.2) is 39.4 Å². The third-order valence-corrected chi connectivity index (χ3v) is 3.67. The van der Waals surface area contributed by atoms with Crippen molar-refractivity contribution in [3.05, 3.63) is 29.3 Å². The standard InChI is InChI=1S/C17H22N2O5/c1-17(2,3)24-14(21)7-6-13(15(18)22)19-9-10-8-11(20)4-5-12(10)16(19)23/h4-5,8,13,20H,6-7,9H2,1-3H3,(H2,18,22)/t13-/m1/s1. The predicted molar refractivity (Wildman–Crippen MR) is 86.0 cm³/mol. The Labute approximate surface area is 140 Å². The van der Waals surface area contributed by atoms with Crippen LogP contribution in [0.1, 0.15) is 49.5 Å². The number of primary amides is 1. The number of nitrogens with two attached hydrogens (primary N) is 1. The average molecular weight is 334 g/mol. The summed E-state index contributed by atoms with van der Waals surface area (Å²) < 4.78 is 5.21. The van der Waals surface area contributed by atoms with Crippen LogP contribution in [0.3, 0.4) is 0 Å². The van der Waals surface area contributed by atoms with Gasteiger partial charge in [0.2, 0.25) is 5.91 Å². The molecule has 7 nitrogen and oxygen atoms in total. The zero-order valence-corrected chi connectivity index (χ0v) is 14.0. The van der Waals surface area contributed by atoms with Crippen LogP contribution in [0, 0.1) is 0 Å². The zero-order chi connectivity index (χ0) is 18.1. The Morgan fingerprint density at radius 1 is 1.38 bits per heavy atom. The van der Waals surface area contributed by atoms with Gasteiger partial charge < -0.3 is 20.5 Å². The second kappa shape index (κ2) is 6.51. The molecule has 0 fully saturated rings. The highest BCUT2D eigenvalue weighted by Gasteiger charge is 2.36. The highest BCUT2D eigenvalue weighted by Crippen LogP contribution is 2.28. The van der Waals surface area contributed by atoms with E-state index >= 15 is 0 Å². The van der Waals surface area contributed by atoms with Gasteiger partial charge in [-0.2, -0.15) is 0 Å². The van der Waals surface area contributed by atoms with E-state index in [1.165, 1.54) is 23.1 Å². The van der Waals surface area contributed by atoms with E-state index in [0.29, 0.717) is 11.1 Å². The average Bonchev–Trinajstić information content (AvgIpc) is 2.73. The van der Waals surface area contributed by atoms with Crippen LogP contribution in [0.25, 0.3) is 0 Å². The summed E-state index contributed by atoms with van der Waals surface area (Å²) in [4.78, 5) is 37.4. The largest absolute Gasteiger partial charge is 0.508 e. The molecule has 7 heteroatoms. The summed E-state index contributed by atoms with van der Waals surface area (Å²) in [5.74, 6) is -1.41. The molecule has 2 amide bonds. The van der Waals surface area contributed by atoms with Crippen LogP contribution < -0.4 is 5.73 Å². The van der Waals surface area contributed by atoms with E-state index in [-0.39, 0.29) is 31.0 Å². The van der Waals surface area contributed by atoms with E-state index in [1.54, 1.807) is 20.8 Å². The van der Waals surface area contributed by atoms with E-state index in [2.05, 4.69) is 0 Å². The molecule has 0 saturated heterocycles. The van der Waals surface area contributed by atoms with E-state index in [1.807, 2.05) is 0 Å². The van der Waals surface area contributed by atoms with E-state index < -0.39 is 23.5 Å². The van der Waals surface area contributed by atoms with Crippen LogP contribution in [0.2, 0.25) is 0 Å². The van der Waals surface area contributed by atoms with Crippen LogP contribution in [0.5, 0.6) is 5.75 Å². The fourth-order valence-corrected chi connectivity index (χ4v) is 2.68. The first-order valence-corrected chi connectivity index (χ1v) is 7.72. The van der Waals surface area contributed by atoms with E-state index in [9.17, 15) is 19.5 Å². The van der Waals surface area contributed by atoms with Crippen molar-refractivity contribution in [3.63, 3.8) is 0 Å². The minimum absolute atomic E-state index is 0.0176. The molecule has 1 heterocycles. The van der Waals surface area contributed by atoms with Gasteiger partial charge >= 0.3 is 5.97 Å². The van der Waals surface area contributed by atoms with Crippen LogP contribution >= 0.6 is 0 Å². The fraction of sp³-hybridized carbons (Fsp3) is 0.471. The summed E-state index contributed by atoms with van der Waals surface area (Å²) in [6, 6.07) is 3.51. The number of hydrogen-bond donors (Lipinski definition) is 2. The molecule has 0 aliphatic carbocycles. The molecule has 0 radical (unpaired) electrons. The van der Waals surface area contributed by atoms with Crippen LogP contribution in [-0.2, 0) is 20.9 Å². The Bertz CT molecular complexity index is 678. The fourth-order valence-electron chi connectivity index (χ4n) is 2.68. The molecule has 1 atom stereocenters. The summed E-state index contributed by atoms with van der Waals surface area (Å²) >= 11 is 0. The SMILES string of the molecule is CC(C)(C)OC(=O)CC[C@H](C(N)=O)N1Cc2cc(O)ccc2C1=O. The van der Waals surface area contributed by atoms with E-state index in [0.717, 1.165) is 0 Å². The van der Waals surface area contributed by atoms with Crippen molar-refractivity contribution in [2.75, 3.05) is 0 Å². The molecule has 1 aromatic carbocycles. The molecule has 0 aromatic heterocycles. The van der Waals surface area contributed by atoms with Crippen LogP contribution in [0.15, 0.2) is 18.2 Å². The number of carbonyl (C=O) groups is 3. The number of benzene rings is 1. The highest BCUT2D eigenvalue weighted by molar-refractivity contribution is 6.01. The Kier molecular flexibility index (Phi) is 4.82. The molecule has 0 saturated carbocycles. The summed E-state index contributed by atoms with van der Waals surface area (Å²) in [5.41, 5.74) is 5.86. The number of rotatable bonds is 5. The lowest BCUT2D eigenvalue weighted by molar-refractivity contribution is -0.155. The summed E-state index contributed by atoms with van der Waals surface area (Å²) in [5, 5.41) is 9.52. The summed E-state index contributed by atoms with van der Waals surface area (Å²) in [6.45, 7) is 5.43. The molecule has 0 spiro atoms. The van der Waals surface area contributed by atoms with Gasteiger partial charge in [-0.15, -0.1) is 0 Å². The number of nitrogens with zero attached hydrogens (tertiary/aromatic N) is 1. The number of phenolic OH excluding ortho intramolecular Hbond substituents is 1. The summed E-state index contributed by atoms with van der Waals surface area (Å²) in [6.07, 6.45) is 0.0756. The van der Waals surface area contributed by atoms with Gasteiger partial charge in [0.05, 0.1) is 0 Å². The van der Waals surface area contributed by atoms with Crippen molar-refractivity contribution in [2.24, 2.45) is 5.73 Å². The van der Waals surface area contributed by atoms with Crippen molar-refractivity contribution in [1.82, 2.24) is 4.90 Å². The Morgan fingerprint density at radius 2 is 2.04 bits per heavy atom. The first-order valence-electron chi connectivity index (χ1n) is 7.72. The highest BCUT2D eigenvalue weighted by atomic mass is 16.6. The number of phenols is 1. The Hall–Kier alpha value is -2.57. The van der Waals surface area contributed by atoms with Gasteiger partial charge in [0.25, 0.3) is 5.91 Å². The predicted octanol–water partition coefficient (Wildman–Crippen LogP) is 1.32. The third kappa shape index (κ3) is 4.04. The maximum atomic E-state index is 12.4. The molecule has 0 bridgehead atoms. The molecule has 2 rings (SSSR count). The van der Waals surface area contributed by atoms with Gasteiger partial charge in [-0.25, -0.2) is 0 Å². The van der Waals surface area contributed by atoms with Crippen molar-refractivity contribution < 1.29 is 24.2 Å². The monoisotopic (exact) mass is 334 g/mol. The van der Waals surface area contributed by atoms with E-state index in [4.69, 9.17) is 10.5 Å². The molecular weight excluding hydrogens is 312 g/mol. The number of hydrogen-bond acceptors (Lipinski definition) is 5. The maximum absolute atomic E-state index is 12.4. The number of esters is 1. The van der Waals surface area contributed by atoms with Gasteiger partial charge in [0, 0.05) is 18.5 Å². The van der Waals surface area contributed by atoms with Crippen molar-refractivity contribution in [3.8, 4) is 5.75 Å². The van der Waals surface area contributed by atoms with Gasteiger partial charge in [0.1, 0.15) is 17.4 Å². The molecule has 1 aliphatic heterocycles. The lowest BCUT2D eigenvalue weighted by Gasteiger charge is -2.25. The van der Waals surface area contributed by atoms with Gasteiger partial charge in [-0.1, -0.05) is 0 Å². The minimum Gasteiger partial charge on any atom is -0.508 e. The quantitative estimate of drug-likeness (QED) is 0.789. The lowest BCUT2D eigenvalue weighted by Crippen LogP contribution is -2.45. The Balaban J connectivity index is 2.08. The molecule has 1 aromatic rings. The van der Waals surface area contributed by atoms with Crippen LogP contribution in [0.4, 0.5) is 0 Å². The lowest BCUT2D eigenvalue weighted by atomic mass is 10.1. The van der Waals surface area contributed by atoms with Crippen molar-refractivity contribution in [1.29, 1.82) is 0 Å². The number of carbonyl (C=O) groups excluding carboxylic acids is 3. The van der Waals surface area contributed by atoms with Gasteiger partial charge in [-0.05, 0) is 51.0 Å². The first-order chi connectivity index (χ1) is 11.1. The van der Waals surface area contributed by atoms with Gasteiger partial charge in [0.15, 0.2) is 0 Å². The molecule has 0 unspecified atom stereocenters. The molecule has 24 heavy (non-hydrogen) atoms. The molecular formula is C17H22N2O5. The smallest absolute Gasteiger partial charge is 0.306 e. The second-order valence-corrected chi connectivity index (χ2v) is 6.82. The minimum atomic E-state index is -0.903. The number of fused-ring (bicyclic) bond motifs is 1. The maximum Gasteiger partial charge on any atom is 0.306 e. The van der Waals surface area contributed by atoms with Crippen molar-refractivity contribution in [2.45, 2.75) is 51.8 Å². The number of amides is 2. The third-order valence-electron chi connectivity index (χ3n) is 3.67. The zero-order valence-electron chi connectivity index (χ0n) is 14.0.